The number of benzene rings is 2. The molecule has 5 rings (SSSR count). The van der Waals surface area contributed by atoms with Gasteiger partial charge < -0.3 is 13.9 Å². The lowest BCUT2D eigenvalue weighted by molar-refractivity contribution is -0.154. The van der Waals surface area contributed by atoms with Crippen LogP contribution in [0.5, 0.6) is 17.2 Å². The Morgan fingerprint density at radius 1 is 1.09 bits per heavy atom. The largest absolute Gasteiger partial charge is 0.478 e. The van der Waals surface area contributed by atoms with Crippen molar-refractivity contribution in [2.75, 3.05) is 6.73 Å². The number of aromatic nitrogens is 1. The van der Waals surface area contributed by atoms with Gasteiger partial charge in [0.25, 0.3) is 5.76 Å². The summed E-state index contributed by atoms with van der Waals surface area (Å²) in [5.74, 6) is -1.99. The molecule has 0 aliphatic carbocycles. The van der Waals surface area contributed by atoms with Crippen molar-refractivity contribution in [2.24, 2.45) is 0 Å². The lowest BCUT2D eigenvalue weighted by Crippen LogP contribution is -2.32. The molecule has 6 nitrogen and oxygen atoms in total. The van der Waals surface area contributed by atoms with Gasteiger partial charge in [0.1, 0.15) is 23.8 Å². The van der Waals surface area contributed by atoms with Crippen LogP contribution in [-0.4, -0.2) is 16.6 Å². The number of fused-ring (bicyclic) bond motifs is 3. The summed E-state index contributed by atoms with van der Waals surface area (Å²) in [6, 6.07) is 12.9. The maximum Gasteiger partial charge on any atom is 0.453 e. The summed E-state index contributed by atoms with van der Waals surface area (Å²) in [7, 11) is 0. The van der Waals surface area contributed by atoms with Gasteiger partial charge in [0.2, 0.25) is 11.2 Å². The summed E-state index contributed by atoms with van der Waals surface area (Å²) in [6.07, 6.45) is -1.64. The molecule has 1 aliphatic rings. The fourth-order valence-corrected chi connectivity index (χ4v) is 4.12. The fraction of sp³-hybridized carbons (Fsp3) is 0.167. The summed E-state index contributed by atoms with van der Waals surface area (Å²) in [6.45, 7) is 0.956. The van der Waals surface area contributed by atoms with E-state index in [4.69, 9.17) is 13.9 Å². The second kappa shape index (κ2) is 8.77. The monoisotopic (exact) mass is 532 g/mol. The number of alkyl halides is 3. The second-order valence-corrected chi connectivity index (χ2v) is 8.51. The van der Waals surface area contributed by atoms with Crippen LogP contribution in [0.3, 0.4) is 0 Å². The molecule has 0 saturated carbocycles. The van der Waals surface area contributed by atoms with E-state index >= 15 is 0 Å². The van der Waals surface area contributed by atoms with Crippen molar-refractivity contribution < 1.29 is 27.1 Å². The summed E-state index contributed by atoms with van der Waals surface area (Å²) in [5, 5.41) is -0.0248. The Labute approximate surface area is 199 Å². The minimum atomic E-state index is -4.96. The number of hydrogen-bond donors (Lipinski definition) is 0. The van der Waals surface area contributed by atoms with Gasteiger partial charge in [-0.3, -0.25) is 14.7 Å². The molecule has 0 radical (unpaired) electrons. The van der Waals surface area contributed by atoms with Gasteiger partial charge in [0, 0.05) is 25.5 Å². The molecule has 0 atom stereocenters. The molecule has 10 heteroatoms. The topological polar surface area (TPSA) is 64.8 Å². The van der Waals surface area contributed by atoms with Gasteiger partial charge >= 0.3 is 6.18 Å². The molecular formula is C24H16BrF3N2O4. The van der Waals surface area contributed by atoms with Gasteiger partial charge in [-0.15, -0.1) is 0 Å². The van der Waals surface area contributed by atoms with E-state index < -0.39 is 23.1 Å². The van der Waals surface area contributed by atoms with Crippen molar-refractivity contribution in [1.29, 1.82) is 0 Å². The molecule has 2 aromatic carbocycles. The molecule has 0 bridgehead atoms. The van der Waals surface area contributed by atoms with Crippen LogP contribution in [0.1, 0.15) is 16.9 Å². The van der Waals surface area contributed by atoms with Gasteiger partial charge in [-0.05, 0) is 57.9 Å². The Kier molecular flexibility index (Phi) is 5.78. The van der Waals surface area contributed by atoms with Crippen LogP contribution in [0, 0.1) is 0 Å². The minimum Gasteiger partial charge on any atom is -0.478 e. The van der Waals surface area contributed by atoms with Gasteiger partial charge in [0.05, 0.1) is 15.4 Å². The standard InChI is InChI=1S/C24H16BrF3N2O4/c25-17-3-1-2-4-19(17)33-22-20(31)15-5-6-18-16(21(15)34-23(22)24(26,27)28)12-30(13-32-18)11-14-7-9-29-10-8-14/h1-10H,11-13H2. The van der Waals surface area contributed by atoms with Crippen molar-refractivity contribution >= 4 is 26.9 Å². The molecule has 2 aromatic heterocycles. The van der Waals surface area contributed by atoms with Crippen LogP contribution in [-0.2, 0) is 19.3 Å². The van der Waals surface area contributed by atoms with E-state index in [-0.39, 0.29) is 30.0 Å². The number of ether oxygens (including phenoxy) is 2. The van der Waals surface area contributed by atoms with Crippen molar-refractivity contribution in [1.82, 2.24) is 9.88 Å². The van der Waals surface area contributed by atoms with Gasteiger partial charge in [-0.2, -0.15) is 13.2 Å². The Balaban J connectivity index is 1.61. The van der Waals surface area contributed by atoms with Gasteiger partial charge in [0.15, 0.2) is 0 Å². The zero-order chi connectivity index (χ0) is 23.9. The first-order valence-corrected chi connectivity index (χ1v) is 11.0. The number of halogens is 4. The smallest absolute Gasteiger partial charge is 0.453 e. The van der Waals surface area contributed by atoms with Crippen LogP contribution >= 0.6 is 15.9 Å². The first-order chi connectivity index (χ1) is 16.3. The quantitative estimate of drug-likeness (QED) is 0.315. The van der Waals surface area contributed by atoms with Crippen molar-refractivity contribution in [3.63, 3.8) is 0 Å². The molecule has 3 heterocycles. The van der Waals surface area contributed by atoms with E-state index in [2.05, 4.69) is 20.9 Å². The van der Waals surface area contributed by atoms with Crippen LogP contribution < -0.4 is 14.9 Å². The van der Waals surface area contributed by atoms with Crippen LogP contribution in [0.2, 0.25) is 0 Å². The number of nitrogens with zero attached hydrogens (tertiary/aromatic N) is 2. The molecule has 0 amide bonds. The first-order valence-electron chi connectivity index (χ1n) is 10.2. The van der Waals surface area contributed by atoms with Gasteiger partial charge in [-0.1, -0.05) is 12.1 Å². The molecule has 34 heavy (non-hydrogen) atoms. The number of rotatable bonds is 4. The van der Waals surface area contributed by atoms with E-state index in [9.17, 15) is 18.0 Å². The molecule has 0 fully saturated rings. The highest BCUT2D eigenvalue weighted by atomic mass is 79.9. The lowest BCUT2D eigenvalue weighted by atomic mass is 10.1. The maximum atomic E-state index is 14.0. The summed E-state index contributed by atoms with van der Waals surface area (Å²) in [4.78, 5) is 19.1. The molecule has 4 aromatic rings. The minimum absolute atomic E-state index is 0.0248. The van der Waals surface area contributed by atoms with E-state index in [1.165, 1.54) is 12.1 Å². The zero-order valence-corrected chi connectivity index (χ0v) is 19.0. The third-order valence-corrected chi connectivity index (χ3v) is 5.98. The average molecular weight is 533 g/mol. The summed E-state index contributed by atoms with van der Waals surface area (Å²) in [5.41, 5.74) is 0.240. The van der Waals surface area contributed by atoms with Crippen molar-refractivity contribution in [3.8, 4) is 17.2 Å². The third kappa shape index (κ3) is 4.26. The average Bonchev–Trinajstić information content (AvgIpc) is 2.81. The summed E-state index contributed by atoms with van der Waals surface area (Å²) >= 11 is 3.22. The maximum absolute atomic E-state index is 14.0. The first kappa shape index (κ1) is 22.4. The Hall–Kier alpha value is -3.37. The third-order valence-electron chi connectivity index (χ3n) is 5.32. The lowest BCUT2D eigenvalue weighted by Gasteiger charge is -2.29. The molecular weight excluding hydrogens is 517 g/mol. The van der Waals surface area contributed by atoms with E-state index in [1.807, 2.05) is 17.0 Å². The zero-order valence-electron chi connectivity index (χ0n) is 17.4. The van der Waals surface area contributed by atoms with Crippen LogP contribution in [0.15, 0.2) is 74.6 Å². The summed E-state index contributed by atoms with van der Waals surface area (Å²) < 4.78 is 58.9. The van der Waals surface area contributed by atoms with E-state index in [0.717, 1.165) is 5.56 Å². The Morgan fingerprint density at radius 2 is 1.85 bits per heavy atom. The number of hydrogen-bond acceptors (Lipinski definition) is 6. The molecule has 0 saturated heterocycles. The van der Waals surface area contributed by atoms with Crippen molar-refractivity contribution in [3.05, 3.63) is 92.5 Å². The Bertz CT molecular complexity index is 1420. The normalized spacial score (nSPS) is 14.0. The fourth-order valence-electron chi connectivity index (χ4n) is 3.76. The van der Waals surface area contributed by atoms with E-state index in [1.54, 1.807) is 36.7 Å². The van der Waals surface area contributed by atoms with Crippen molar-refractivity contribution in [2.45, 2.75) is 19.3 Å². The Morgan fingerprint density at radius 3 is 2.59 bits per heavy atom. The number of pyridine rings is 1. The SMILES string of the molecule is O=c1c(Oc2ccccc2Br)c(C(F)(F)F)oc2c3c(ccc12)OCN(Cc1ccncc1)C3. The highest BCUT2D eigenvalue weighted by molar-refractivity contribution is 9.10. The highest BCUT2D eigenvalue weighted by Gasteiger charge is 2.41. The highest BCUT2D eigenvalue weighted by Crippen LogP contribution is 2.41. The molecule has 1 aliphatic heterocycles. The number of para-hydroxylation sites is 1. The second-order valence-electron chi connectivity index (χ2n) is 7.65. The molecule has 0 unspecified atom stereocenters. The molecule has 0 spiro atoms. The molecule has 174 valence electrons. The van der Waals surface area contributed by atoms with Crippen LogP contribution in [0.25, 0.3) is 11.0 Å². The van der Waals surface area contributed by atoms with Gasteiger partial charge in [-0.25, -0.2) is 0 Å². The molecule has 0 N–H and O–H groups in total. The predicted molar refractivity (Wildman–Crippen MR) is 121 cm³/mol. The van der Waals surface area contributed by atoms with E-state index in [0.29, 0.717) is 22.3 Å². The predicted octanol–water partition coefficient (Wildman–Crippen LogP) is 6.11. The van der Waals surface area contributed by atoms with Crippen LogP contribution in [0.4, 0.5) is 13.2 Å².